The number of nitrogens with one attached hydrogen (secondary N) is 1. The molecule has 1 heterocycles. The molecule has 5 nitrogen and oxygen atoms in total. The predicted molar refractivity (Wildman–Crippen MR) is 123 cm³/mol. The molecule has 0 aliphatic carbocycles. The summed E-state index contributed by atoms with van der Waals surface area (Å²) in [6.07, 6.45) is 1.55. The highest BCUT2D eigenvalue weighted by atomic mass is 79.9. The molecule has 0 fully saturated rings. The molecule has 0 saturated heterocycles. The fraction of sp³-hybridized carbons (Fsp3) is 0.0870. The van der Waals surface area contributed by atoms with Gasteiger partial charge in [-0.15, -0.1) is 6.58 Å². The lowest BCUT2D eigenvalue weighted by molar-refractivity contribution is 0.102. The Morgan fingerprint density at radius 1 is 1.10 bits per heavy atom. The van der Waals surface area contributed by atoms with E-state index in [1.165, 1.54) is 4.31 Å². The Hall–Kier alpha value is -2.90. The van der Waals surface area contributed by atoms with E-state index in [9.17, 15) is 13.2 Å². The van der Waals surface area contributed by atoms with Crippen LogP contribution in [0, 0.1) is 6.92 Å². The van der Waals surface area contributed by atoms with E-state index >= 15 is 0 Å². The topological polar surface area (TPSA) is 66.5 Å². The van der Waals surface area contributed by atoms with Crippen LogP contribution in [0.15, 0.2) is 82.7 Å². The van der Waals surface area contributed by atoms with E-state index in [2.05, 4.69) is 27.8 Å². The Morgan fingerprint density at radius 3 is 2.60 bits per heavy atom. The molecule has 4 rings (SSSR count). The number of fused-ring (bicyclic) bond motifs is 3. The van der Waals surface area contributed by atoms with Crippen LogP contribution in [0.4, 0.5) is 11.4 Å². The third-order valence-corrected chi connectivity index (χ3v) is 7.71. The van der Waals surface area contributed by atoms with E-state index in [-0.39, 0.29) is 17.3 Å². The van der Waals surface area contributed by atoms with Gasteiger partial charge in [-0.05, 0) is 55.0 Å². The van der Waals surface area contributed by atoms with Crippen LogP contribution >= 0.6 is 15.9 Å². The van der Waals surface area contributed by atoms with Gasteiger partial charge in [0.25, 0.3) is 15.9 Å². The molecule has 0 atom stereocenters. The molecule has 1 N–H and O–H groups in total. The molecule has 0 spiro atoms. The van der Waals surface area contributed by atoms with Crippen LogP contribution < -0.4 is 9.62 Å². The molecule has 0 aromatic heterocycles. The normalized spacial score (nSPS) is 13.9. The van der Waals surface area contributed by atoms with Crippen LogP contribution in [0.1, 0.15) is 15.9 Å². The average Bonchev–Trinajstić information content (AvgIpc) is 2.73. The second-order valence-electron chi connectivity index (χ2n) is 6.97. The zero-order valence-corrected chi connectivity index (χ0v) is 18.6. The van der Waals surface area contributed by atoms with Crippen molar-refractivity contribution in [3.05, 3.63) is 88.9 Å². The number of carbonyl (C=O) groups excluding carboxylic acids is 1. The number of hydrogen-bond donors (Lipinski definition) is 1. The van der Waals surface area contributed by atoms with Gasteiger partial charge in [0.1, 0.15) is 0 Å². The zero-order chi connectivity index (χ0) is 21.5. The Kier molecular flexibility index (Phi) is 5.26. The quantitative estimate of drug-likeness (QED) is 0.508. The molecule has 1 aliphatic rings. The van der Waals surface area contributed by atoms with Gasteiger partial charge in [-0.2, -0.15) is 0 Å². The van der Waals surface area contributed by atoms with Gasteiger partial charge in [0.15, 0.2) is 0 Å². The first-order valence-corrected chi connectivity index (χ1v) is 11.5. The van der Waals surface area contributed by atoms with E-state index in [1.807, 2.05) is 25.1 Å². The highest BCUT2D eigenvalue weighted by Crippen LogP contribution is 2.43. The summed E-state index contributed by atoms with van der Waals surface area (Å²) in [5.41, 5.74) is 3.96. The number of carbonyl (C=O) groups is 1. The molecular weight excluding hydrogens is 464 g/mol. The first-order valence-electron chi connectivity index (χ1n) is 9.27. The van der Waals surface area contributed by atoms with Crippen molar-refractivity contribution in [2.75, 3.05) is 16.2 Å². The zero-order valence-electron chi connectivity index (χ0n) is 16.2. The van der Waals surface area contributed by atoms with Crippen molar-refractivity contribution >= 4 is 43.2 Å². The molecule has 1 aliphatic heterocycles. The van der Waals surface area contributed by atoms with E-state index < -0.39 is 10.0 Å². The molecule has 152 valence electrons. The summed E-state index contributed by atoms with van der Waals surface area (Å²) in [6.45, 7) is 5.78. The fourth-order valence-corrected chi connectivity index (χ4v) is 5.42. The van der Waals surface area contributed by atoms with Gasteiger partial charge in [-0.25, -0.2) is 8.42 Å². The van der Waals surface area contributed by atoms with Crippen molar-refractivity contribution in [1.29, 1.82) is 0 Å². The molecule has 1 amide bonds. The molecular formula is C23H19BrN2O3S. The molecule has 0 saturated carbocycles. The Morgan fingerprint density at radius 2 is 1.87 bits per heavy atom. The first-order chi connectivity index (χ1) is 14.3. The van der Waals surface area contributed by atoms with Gasteiger partial charge >= 0.3 is 0 Å². The van der Waals surface area contributed by atoms with E-state index in [1.54, 1.807) is 48.5 Å². The minimum absolute atomic E-state index is 0.146. The highest BCUT2D eigenvalue weighted by molar-refractivity contribution is 9.10. The van der Waals surface area contributed by atoms with Crippen molar-refractivity contribution < 1.29 is 13.2 Å². The molecule has 0 bridgehead atoms. The van der Waals surface area contributed by atoms with Gasteiger partial charge in [0, 0.05) is 26.9 Å². The summed E-state index contributed by atoms with van der Waals surface area (Å²) in [5, 5.41) is 2.90. The third kappa shape index (κ3) is 3.44. The smallest absolute Gasteiger partial charge is 0.265 e. The van der Waals surface area contributed by atoms with Gasteiger partial charge in [0.2, 0.25) is 0 Å². The number of halogens is 1. The van der Waals surface area contributed by atoms with Crippen LogP contribution in [-0.4, -0.2) is 20.9 Å². The molecule has 7 heteroatoms. The minimum atomic E-state index is -3.69. The molecule has 3 aromatic rings. The second-order valence-corrected chi connectivity index (χ2v) is 9.66. The maximum atomic E-state index is 13.1. The van der Waals surface area contributed by atoms with Crippen LogP contribution in [-0.2, 0) is 10.0 Å². The van der Waals surface area contributed by atoms with Crippen LogP contribution in [0.3, 0.4) is 0 Å². The van der Waals surface area contributed by atoms with Crippen molar-refractivity contribution in [2.45, 2.75) is 11.8 Å². The summed E-state index contributed by atoms with van der Waals surface area (Å²) in [4.78, 5) is 13.1. The maximum absolute atomic E-state index is 13.1. The lowest BCUT2D eigenvalue weighted by Gasteiger charge is -2.31. The largest absolute Gasteiger partial charge is 0.322 e. The number of aryl methyl sites for hydroxylation is 1. The van der Waals surface area contributed by atoms with Crippen LogP contribution in [0.25, 0.3) is 11.1 Å². The van der Waals surface area contributed by atoms with E-state index in [4.69, 9.17) is 0 Å². The van der Waals surface area contributed by atoms with E-state index in [0.717, 1.165) is 10.0 Å². The summed E-state index contributed by atoms with van der Waals surface area (Å²) in [5.74, 6) is -0.263. The van der Waals surface area contributed by atoms with Crippen molar-refractivity contribution in [1.82, 2.24) is 0 Å². The number of amides is 1. The minimum Gasteiger partial charge on any atom is -0.322 e. The van der Waals surface area contributed by atoms with E-state index in [0.29, 0.717) is 28.1 Å². The summed E-state index contributed by atoms with van der Waals surface area (Å²) < 4.78 is 28.4. The number of nitrogens with zero attached hydrogens (tertiary/aromatic N) is 1. The Balaban J connectivity index is 1.78. The lowest BCUT2D eigenvalue weighted by Crippen LogP contribution is -2.34. The number of rotatable bonds is 4. The maximum Gasteiger partial charge on any atom is 0.265 e. The first kappa shape index (κ1) is 20.4. The summed E-state index contributed by atoms with van der Waals surface area (Å²) in [7, 11) is -3.69. The number of sulfonamides is 1. The van der Waals surface area contributed by atoms with Crippen molar-refractivity contribution in [2.24, 2.45) is 0 Å². The standard InChI is InChI=1S/C23H19BrN2O3S/c1-3-12-26-21-11-8-16(23(27)25-17-9-10-20(24)15(2)13-17)14-19(21)18-6-4-5-7-22(18)30(26,28)29/h3-11,13-14H,1,12H2,2H3,(H,25,27). The average molecular weight is 483 g/mol. The highest BCUT2D eigenvalue weighted by Gasteiger charge is 2.34. The number of benzene rings is 3. The monoisotopic (exact) mass is 482 g/mol. The van der Waals surface area contributed by atoms with Gasteiger partial charge in [-0.3, -0.25) is 9.10 Å². The predicted octanol–water partition coefficient (Wildman–Crippen LogP) is 5.37. The van der Waals surface area contributed by atoms with Gasteiger partial charge in [-0.1, -0.05) is 40.2 Å². The fourth-order valence-electron chi connectivity index (χ4n) is 3.51. The van der Waals surface area contributed by atoms with Gasteiger partial charge < -0.3 is 5.32 Å². The molecule has 0 unspecified atom stereocenters. The molecule has 3 aromatic carbocycles. The number of anilines is 2. The van der Waals surface area contributed by atoms with Crippen LogP contribution in [0.5, 0.6) is 0 Å². The Labute approximate surface area is 184 Å². The molecule has 0 radical (unpaired) electrons. The SMILES string of the molecule is C=CCN1c2ccc(C(=O)Nc3ccc(Br)c(C)c3)cc2-c2ccccc2S1(=O)=O. The lowest BCUT2D eigenvalue weighted by atomic mass is 10.00. The summed E-state index contributed by atoms with van der Waals surface area (Å²) >= 11 is 3.45. The Bertz CT molecular complexity index is 1290. The van der Waals surface area contributed by atoms with Crippen molar-refractivity contribution in [3.8, 4) is 11.1 Å². The van der Waals surface area contributed by atoms with Gasteiger partial charge in [0.05, 0.1) is 17.1 Å². The van der Waals surface area contributed by atoms with Crippen molar-refractivity contribution in [3.63, 3.8) is 0 Å². The summed E-state index contributed by atoms with van der Waals surface area (Å²) in [6, 6.07) is 17.5. The second kappa shape index (κ2) is 7.74. The van der Waals surface area contributed by atoms with Crippen LogP contribution in [0.2, 0.25) is 0 Å². The number of hydrogen-bond acceptors (Lipinski definition) is 3. The third-order valence-electron chi connectivity index (χ3n) is 4.98. The molecule has 30 heavy (non-hydrogen) atoms.